The van der Waals surface area contributed by atoms with Gasteiger partial charge in [-0.15, -0.1) is 0 Å². The van der Waals surface area contributed by atoms with Gasteiger partial charge in [0.15, 0.2) is 8.32 Å². The Morgan fingerprint density at radius 3 is 1.34 bits per heavy atom. The zero-order valence-electron chi connectivity index (χ0n) is 20.7. The third-order valence-corrected chi connectivity index (χ3v) is 12.1. The molecule has 32 heavy (non-hydrogen) atoms. The van der Waals surface area contributed by atoms with E-state index in [2.05, 4.69) is 131 Å². The van der Waals surface area contributed by atoms with Crippen molar-refractivity contribution < 1.29 is 4.43 Å². The van der Waals surface area contributed by atoms with Crippen LogP contribution in [0, 0.1) is 11.8 Å². The van der Waals surface area contributed by atoms with E-state index in [1.165, 1.54) is 15.9 Å². The van der Waals surface area contributed by atoms with Crippen LogP contribution in [-0.4, -0.2) is 20.6 Å². The first-order valence-electron chi connectivity index (χ1n) is 12.0. The maximum atomic E-state index is 6.86. The Balaban J connectivity index is 2.18. The molecule has 0 aliphatic carbocycles. The Labute approximate surface area is 197 Å². The molecule has 3 rings (SSSR count). The molecule has 3 atom stereocenters. The van der Waals surface area contributed by atoms with Crippen molar-refractivity contribution in [1.29, 1.82) is 0 Å². The number of hydrogen-bond donors (Lipinski definition) is 0. The molecule has 0 amide bonds. The number of rotatable bonds is 10. The lowest BCUT2D eigenvalue weighted by molar-refractivity contribution is 0.0894. The van der Waals surface area contributed by atoms with Crippen molar-refractivity contribution in [3.8, 4) is 0 Å². The van der Waals surface area contributed by atoms with Gasteiger partial charge in [0, 0.05) is 5.92 Å². The first-order valence-corrected chi connectivity index (χ1v) is 17.4. The van der Waals surface area contributed by atoms with Crippen molar-refractivity contribution in [2.24, 2.45) is 11.8 Å². The Morgan fingerprint density at radius 1 is 0.656 bits per heavy atom. The van der Waals surface area contributed by atoms with Crippen molar-refractivity contribution in [3.63, 3.8) is 0 Å². The standard InChI is InChI=1S/C29H40OPSi/c1-7-24(2)29(30-32(4,5)6)25(3)23-31(26-17-11-8-12-18-26,27-19-13-9-14-20-27)28-21-15-10-16-22-28/h8-22,24-25,29H,7,23H2,1-6H3/q+1. The summed E-state index contributed by atoms with van der Waals surface area (Å²) in [6.07, 6.45) is 2.54. The lowest BCUT2D eigenvalue weighted by Gasteiger charge is -2.37. The van der Waals surface area contributed by atoms with Crippen LogP contribution in [0.3, 0.4) is 0 Å². The molecule has 0 radical (unpaired) electrons. The highest BCUT2D eigenvalue weighted by Gasteiger charge is 2.48. The van der Waals surface area contributed by atoms with Crippen LogP contribution in [-0.2, 0) is 4.43 Å². The second-order valence-electron chi connectivity index (χ2n) is 10.1. The first kappa shape index (κ1) is 24.9. The minimum absolute atomic E-state index is 0.280. The summed E-state index contributed by atoms with van der Waals surface area (Å²) in [4.78, 5) is 0. The molecule has 0 aliphatic heterocycles. The van der Waals surface area contributed by atoms with E-state index >= 15 is 0 Å². The smallest absolute Gasteiger partial charge is 0.184 e. The Morgan fingerprint density at radius 2 is 1.03 bits per heavy atom. The summed E-state index contributed by atoms with van der Waals surface area (Å²) >= 11 is 0. The summed E-state index contributed by atoms with van der Waals surface area (Å²) in [7, 11) is -3.51. The predicted molar refractivity (Wildman–Crippen MR) is 147 cm³/mol. The van der Waals surface area contributed by atoms with Gasteiger partial charge in [-0.1, -0.05) is 81.8 Å². The predicted octanol–water partition coefficient (Wildman–Crippen LogP) is 6.88. The van der Waals surface area contributed by atoms with E-state index in [1.807, 2.05) is 0 Å². The molecule has 0 spiro atoms. The number of benzene rings is 3. The quantitative estimate of drug-likeness (QED) is 0.235. The highest BCUT2D eigenvalue weighted by molar-refractivity contribution is 7.95. The van der Waals surface area contributed by atoms with E-state index in [0.29, 0.717) is 11.8 Å². The molecule has 0 heterocycles. The molecular weight excluding hydrogens is 423 g/mol. The maximum Gasteiger partial charge on any atom is 0.184 e. The second kappa shape index (κ2) is 10.9. The summed E-state index contributed by atoms with van der Waals surface area (Å²) in [5.74, 6) is 0.992. The van der Waals surface area contributed by atoms with Gasteiger partial charge in [0.1, 0.15) is 23.2 Å². The minimum atomic E-state index is -1.84. The highest BCUT2D eigenvalue weighted by Crippen LogP contribution is 2.57. The van der Waals surface area contributed by atoms with E-state index in [0.717, 1.165) is 12.6 Å². The molecule has 0 bridgehead atoms. The van der Waals surface area contributed by atoms with Crippen molar-refractivity contribution >= 4 is 31.5 Å². The van der Waals surface area contributed by atoms with Crippen LogP contribution in [0.5, 0.6) is 0 Å². The molecule has 0 saturated heterocycles. The Bertz CT molecular complexity index is 840. The molecule has 3 aromatic carbocycles. The molecule has 1 nitrogen and oxygen atoms in total. The fourth-order valence-corrected chi connectivity index (χ4v) is 10.7. The van der Waals surface area contributed by atoms with Gasteiger partial charge >= 0.3 is 0 Å². The average molecular weight is 464 g/mol. The van der Waals surface area contributed by atoms with Crippen LogP contribution in [0.1, 0.15) is 27.2 Å². The van der Waals surface area contributed by atoms with Crippen LogP contribution in [0.4, 0.5) is 0 Å². The van der Waals surface area contributed by atoms with Gasteiger partial charge in [0.05, 0.1) is 12.3 Å². The largest absolute Gasteiger partial charge is 0.414 e. The molecule has 170 valence electrons. The molecule has 0 aromatic heterocycles. The average Bonchev–Trinajstić information content (AvgIpc) is 2.81. The Hall–Kier alpha value is -1.73. The third-order valence-electron chi connectivity index (χ3n) is 6.41. The summed E-state index contributed by atoms with van der Waals surface area (Å²) in [5.41, 5.74) is 0. The van der Waals surface area contributed by atoms with Gasteiger partial charge in [0.25, 0.3) is 0 Å². The summed E-state index contributed by atoms with van der Waals surface area (Å²) in [6.45, 7) is 14.1. The van der Waals surface area contributed by atoms with E-state index in [-0.39, 0.29) is 6.10 Å². The molecule has 3 aromatic rings. The zero-order valence-corrected chi connectivity index (χ0v) is 22.6. The topological polar surface area (TPSA) is 9.23 Å². The van der Waals surface area contributed by atoms with E-state index in [4.69, 9.17) is 4.43 Å². The summed E-state index contributed by atoms with van der Waals surface area (Å²) < 4.78 is 6.86. The lowest BCUT2D eigenvalue weighted by atomic mass is 9.93. The van der Waals surface area contributed by atoms with Crippen LogP contribution in [0.15, 0.2) is 91.0 Å². The third kappa shape index (κ3) is 5.79. The molecular formula is C29H40OPSi+. The Kier molecular flexibility index (Phi) is 8.50. The van der Waals surface area contributed by atoms with Crippen LogP contribution in [0.25, 0.3) is 0 Å². The summed E-state index contributed by atoms with van der Waals surface area (Å²) in [5, 5.41) is 4.38. The fraction of sp³-hybridized carbons (Fsp3) is 0.379. The SMILES string of the molecule is CCC(C)C(O[Si](C)(C)C)C(C)C[P+](c1ccccc1)(c1ccccc1)c1ccccc1. The van der Waals surface area contributed by atoms with Gasteiger partial charge in [-0.25, -0.2) is 0 Å². The van der Waals surface area contributed by atoms with E-state index < -0.39 is 15.6 Å². The van der Waals surface area contributed by atoms with Crippen LogP contribution in [0.2, 0.25) is 19.6 Å². The van der Waals surface area contributed by atoms with Crippen molar-refractivity contribution in [2.45, 2.75) is 52.9 Å². The van der Waals surface area contributed by atoms with Gasteiger partial charge in [0.2, 0.25) is 0 Å². The van der Waals surface area contributed by atoms with Crippen molar-refractivity contribution in [3.05, 3.63) is 91.0 Å². The molecule has 0 N–H and O–H groups in total. The molecule has 0 fully saturated rings. The monoisotopic (exact) mass is 463 g/mol. The van der Waals surface area contributed by atoms with Gasteiger partial charge in [-0.05, 0) is 62.0 Å². The molecule has 0 aliphatic rings. The first-order chi connectivity index (χ1) is 15.3. The summed E-state index contributed by atoms with van der Waals surface area (Å²) in [6, 6.07) is 33.7. The maximum absolute atomic E-state index is 6.86. The zero-order chi connectivity index (χ0) is 23.2. The van der Waals surface area contributed by atoms with Crippen molar-refractivity contribution in [2.75, 3.05) is 6.16 Å². The van der Waals surface area contributed by atoms with E-state index in [9.17, 15) is 0 Å². The number of hydrogen-bond acceptors (Lipinski definition) is 1. The highest BCUT2D eigenvalue weighted by atomic mass is 31.2. The van der Waals surface area contributed by atoms with Gasteiger partial charge in [-0.2, -0.15) is 0 Å². The van der Waals surface area contributed by atoms with Gasteiger partial charge in [-0.3, -0.25) is 0 Å². The second-order valence-corrected chi connectivity index (χ2v) is 18.1. The minimum Gasteiger partial charge on any atom is -0.414 e. The normalized spacial score (nSPS) is 15.2. The van der Waals surface area contributed by atoms with Crippen molar-refractivity contribution in [1.82, 2.24) is 0 Å². The lowest BCUT2D eigenvalue weighted by Crippen LogP contribution is -2.43. The molecule has 3 heteroatoms. The van der Waals surface area contributed by atoms with Crippen LogP contribution >= 0.6 is 7.26 Å². The molecule has 0 saturated carbocycles. The van der Waals surface area contributed by atoms with Gasteiger partial charge < -0.3 is 4.43 Å². The van der Waals surface area contributed by atoms with E-state index in [1.54, 1.807) is 0 Å². The molecule has 3 unspecified atom stereocenters. The van der Waals surface area contributed by atoms with Crippen LogP contribution < -0.4 is 15.9 Å². The fourth-order valence-electron chi connectivity index (χ4n) is 4.78.